The van der Waals surface area contributed by atoms with Crippen LogP contribution in [0, 0.1) is 11.6 Å². The predicted octanol–water partition coefficient (Wildman–Crippen LogP) is 5.33. The molecule has 0 spiro atoms. The third-order valence-electron chi connectivity index (χ3n) is 5.89. The van der Waals surface area contributed by atoms with Crippen LogP contribution >= 0.6 is 0 Å². The number of halogens is 2. The first kappa shape index (κ1) is 22.6. The van der Waals surface area contributed by atoms with Gasteiger partial charge in [-0.3, -0.25) is 9.99 Å². The molecular weight excluding hydrogens is 478 g/mol. The molecule has 37 heavy (non-hydrogen) atoms. The van der Waals surface area contributed by atoms with Crippen molar-refractivity contribution in [1.29, 1.82) is 0 Å². The number of nitrogens with zero attached hydrogens (tertiary/aromatic N) is 5. The molecule has 8 nitrogen and oxygen atoms in total. The van der Waals surface area contributed by atoms with Crippen molar-refractivity contribution in [3.8, 4) is 28.4 Å². The average Bonchev–Trinajstić information content (AvgIpc) is 3.57. The highest BCUT2D eigenvalue weighted by Gasteiger charge is 2.21. The maximum atomic E-state index is 14.2. The largest absolute Gasteiger partial charge is 0.487 e. The molecule has 184 valence electrons. The SMILES string of the molecule is Fc1cccc(-c2nc3c([nH]2)CN(Cc2cc(-c4ccc(COc5cccnc5)cc4)no2)N=C3)c1F. The van der Waals surface area contributed by atoms with Crippen molar-refractivity contribution in [2.24, 2.45) is 5.10 Å². The zero-order valence-corrected chi connectivity index (χ0v) is 19.4. The van der Waals surface area contributed by atoms with Gasteiger partial charge in [0.15, 0.2) is 17.4 Å². The van der Waals surface area contributed by atoms with Gasteiger partial charge in [0, 0.05) is 17.8 Å². The van der Waals surface area contributed by atoms with Crippen LogP contribution in [0.2, 0.25) is 0 Å². The van der Waals surface area contributed by atoms with E-state index in [9.17, 15) is 8.78 Å². The summed E-state index contributed by atoms with van der Waals surface area (Å²) in [5, 5.41) is 10.4. The number of rotatable bonds is 7. The molecule has 4 heterocycles. The van der Waals surface area contributed by atoms with Gasteiger partial charge in [0.25, 0.3) is 0 Å². The minimum atomic E-state index is -0.939. The lowest BCUT2D eigenvalue weighted by Gasteiger charge is -2.19. The summed E-state index contributed by atoms with van der Waals surface area (Å²) in [6.45, 7) is 1.21. The van der Waals surface area contributed by atoms with Gasteiger partial charge in [-0.05, 0) is 29.8 Å². The molecule has 1 aliphatic rings. The summed E-state index contributed by atoms with van der Waals surface area (Å²) >= 11 is 0. The van der Waals surface area contributed by atoms with Gasteiger partial charge in [0.1, 0.15) is 29.6 Å². The summed E-state index contributed by atoms with van der Waals surface area (Å²) in [6, 6.07) is 17.4. The number of pyridine rings is 1. The number of H-pyrrole nitrogens is 1. The van der Waals surface area contributed by atoms with Crippen molar-refractivity contribution in [2.75, 3.05) is 0 Å². The molecule has 10 heteroatoms. The van der Waals surface area contributed by atoms with Gasteiger partial charge in [-0.15, -0.1) is 0 Å². The zero-order chi connectivity index (χ0) is 25.2. The van der Waals surface area contributed by atoms with Crippen LogP contribution in [0.1, 0.15) is 22.7 Å². The fourth-order valence-corrected chi connectivity index (χ4v) is 4.00. The summed E-state index contributed by atoms with van der Waals surface area (Å²) in [7, 11) is 0. The van der Waals surface area contributed by atoms with E-state index in [4.69, 9.17) is 9.26 Å². The molecule has 0 bridgehead atoms. The molecule has 0 atom stereocenters. The number of aromatic nitrogens is 4. The third kappa shape index (κ3) is 4.81. The molecule has 1 aliphatic heterocycles. The fraction of sp³-hybridized carbons (Fsp3) is 0.111. The number of hydrazone groups is 1. The first-order valence-corrected chi connectivity index (χ1v) is 11.5. The lowest BCUT2D eigenvalue weighted by molar-refractivity contribution is 0.229. The van der Waals surface area contributed by atoms with Crippen LogP contribution in [-0.4, -0.2) is 31.3 Å². The van der Waals surface area contributed by atoms with Crippen LogP contribution in [0.4, 0.5) is 8.78 Å². The van der Waals surface area contributed by atoms with Gasteiger partial charge in [-0.25, -0.2) is 13.8 Å². The summed E-state index contributed by atoms with van der Waals surface area (Å²) < 4.78 is 39.1. The second-order valence-corrected chi connectivity index (χ2v) is 8.47. The highest BCUT2D eigenvalue weighted by Crippen LogP contribution is 2.26. The number of imidazole rings is 1. The monoisotopic (exact) mass is 498 g/mol. The highest BCUT2D eigenvalue weighted by atomic mass is 19.2. The summed E-state index contributed by atoms with van der Waals surface area (Å²) in [5.41, 5.74) is 4.05. The molecule has 0 aliphatic carbocycles. The quantitative estimate of drug-likeness (QED) is 0.326. The fourth-order valence-electron chi connectivity index (χ4n) is 4.00. The van der Waals surface area contributed by atoms with Crippen molar-refractivity contribution in [2.45, 2.75) is 19.7 Å². The maximum Gasteiger partial charge on any atom is 0.169 e. The van der Waals surface area contributed by atoms with Crippen LogP contribution in [0.15, 0.2) is 82.7 Å². The Morgan fingerprint density at radius 1 is 1.05 bits per heavy atom. The molecule has 2 aromatic carbocycles. The summed E-state index contributed by atoms with van der Waals surface area (Å²) in [6.07, 6.45) is 4.96. The van der Waals surface area contributed by atoms with Crippen molar-refractivity contribution < 1.29 is 18.0 Å². The van der Waals surface area contributed by atoms with E-state index in [1.54, 1.807) is 23.6 Å². The van der Waals surface area contributed by atoms with E-state index in [-0.39, 0.29) is 11.4 Å². The molecule has 5 aromatic rings. The topological polar surface area (TPSA) is 92.4 Å². The molecular formula is C27H20F2N6O2. The smallest absolute Gasteiger partial charge is 0.169 e. The molecule has 6 rings (SSSR count). The van der Waals surface area contributed by atoms with E-state index in [0.29, 0.717) is 42.6 Å². The van der Waals surface area contributed by atoms with Crippen molar-refractivity contribution in [1.82, 2.24) is 25.1 Å². The van der Waals surface area contributed by atoms with E-state index >= 15 is 0 Å². The Labute approximate surface area is 210 Å². The summed E-state index contributed by atoms with van der Waals surface area (Å²) in [4.78, 5) is 11.5. The minimum absolute atomic E-state index is 0.0730. The second kappa shape index (κ2) is 9.65. The van der Waals surface area contributed by atoms with E-state index in [1.807, 2.05) is 42.5 Å². The number of hydrogen-bond donors (Lipinski definition) is 1. The van der Waals surface area contributed by atoms with Crippen LogP contribution in [-0.2, 0) is 19.7 Å². The van der Waals surface area contributed by atoms with Crippen molar-refractivity contribution >= 4 is 6.21 Å². The molecule has 0 radical (unpaired) electrons. The van der Waals surface area contributed by atoms with Crippen LogP contribution in [0.3, 0.4) is 0 Å². The average molecular weight is 498 g/mol. The normalized spacial score (nSPS) is 12.5. The van der Waals surface area contributed by atoms with Crippen molar-refractivity contribution in [3.63, 3.8) is 0 Å². The van der Waals surface area contributed by atoms with E-state index < -0.39 is 11.6 Å². The van der Waals surface area contributed by atoms with Crippen LogP contribution in [0.25, 0.3) is 22.6 Å². The van der Waals surface area contributed by atoms with Gasteiger partial charge in [0.2, 0.25) is 0 Å². The maximum absolute atomic E-state index is 14.2. The lowest BCUT2D eigenvalue weighted by atomic mass is 10.1. The highest BCUT2D eigenvalue weighted by molar-refractivity contribution is 5.80. The lowest BCUT2D eigenvalue weighted by Crippen LogP contribution is -2.21. The molecule has 1 N–H and O–H groups in total. The zero-order valence-electron chi connectivity index (χ0n) is 19.4. The second-order valence-electron chi connectivity index (χ2n) is 8.47. The van der Waals surface area contributed by atoms with Gasteiger partial charge in [-0.2, -0.15) is 5.10 Å². The number of fused-ring (bicyclic) bond motifs is 1. The van der Waals surface area contributed by atoms with Gasteiger partial charge in [0.05, 0.1) is 36.8 Å². The molecule has 0 saturated heterocycles. The Morgan fingerprint density at radius 2 is 1.95 bits per heavy atom. The Balaban J connectivity index is 1.09. The number of aromatic amines is 1. The molecule has 3 aromatic heterocycles. The van der Waals surface area contributed by atoms with E-state index in [0.717, 1.165) is 22.9 Å². The molecule has 0 unspecified atom stereocenters. The minimum Gasteiger partial charge on any atom is -0.487 e. The standard InChI is InChI=1S/C27H20F2N6O2/c28-22-5-1-4-21(26(22)29)27-32-24-13-31-35(15-25(24)33-27)14-20-11-23(34-37-20)18-8-6-17(7-9-18)16-36-19-3-2-10-30-12-19/h1-13H,14-16H2,(H,32,33). The van der Waals surface area contributed by atoms with Crippen molar-refractivity contribution in [3.05, 3.63) is 107 Å². The Hall–Kier alpha value is -4.86. The third-order valence-corrected chi connectivity index (χ3v) is 5.89. The Bertz CT molecular complexity index is 1560. The van der Waals surface area contributed by atoms with Gasteiger partial charge in [-0.1, -0.05) is 35.5 Å². The molecule has 0 amide bonds. The van der Waals surface area contributed by atoms with Crippen LogP contribution < -0.4 is 4.74 Å². The van der Waals surface area contributed by atoms with E-state index in [2.05, 4.69) is 25.2 Å². The number of benzene rings is 2. The van der Waals surface area contributed by atoms with Gasteiger partial charge >= 0.3 is 0 Å². The first-order chi connectivity index (χ1) is 18.1. The Morgan fingerprint density at radius 3 is 2.78 bits per heavy atom. The number of ether oxygens (including phenoxy) is 1. The Kier molecular flexibility index (Phi) is 5.89. The van der Waals surface area contributed by atoms with Crippen LogP contribution in [0.5, 0.6) is 5.75 Å². The first-order valence-electron chi connectivity index (χ1n) is 11.5. The number of nitrogens with one attached hydrogen (secondary N) is 1. The number of hydrogen-bond acceptors (Lipinski definition) is 7. The van der Waals surface area contributed by atoms with Gasteiger partial charge < -0.3 is 14.2 Å². The van der Waals surface area contributed by atoms with E-state index in [1.165, 1.54) is 12.1 Å². The summed E-state index contributed by atoms with van der Waals surface area (Å²) in [5.74, 6) is -0.253. The molecule has 0 fully saturated rings. The molecule has 0 saturated carbocycles. The predicted molar refractivity (Wildman–Crippen MR) is 131 cm³/mol.